The van der Waals surface area contributed by atoms with E-state index in [1.165, 1.54) is 6.42 Å². The van der Waals surface area contributed by atoms with Crippen LogP contribution in [0.4, 0.5) is 0 Å². The quantitative estimate of drug-likeness (QED) is 0.752. The molecule has 2 saturated carbocycles. The Hall–Kier alpha value is -0.120. The van der Waals surface area contributed by atoms with Crippen LogP contribution in [0.1, 0.15) is 72.6 Å². The average Bonchev–Trinajstić information content (AvgIpc) is 2.97. The Morgan fingerprint density at radius 3 is 2.45 bits per heavy atom. The van der Waals surface area contributed by atoms with Crippen LogP contribution in [-0.4, -0.2) is 34.6 Å². The summed E-state index contributed by atoms with van der Waals surface area (Å²) in [6.07, 6.45) is 6.91. The second-order valence-corrected chi connectivity index (χ2v) is 7.86. The van der Waals surface area contributed by atoms with Gasteiger partial charge in [0.25, 0.3) is 0 Å². The van der Waals surface area contributed by atoms with Crippen LogP contribution in [0, 0.1) is 23.7 Å². The molecular weight excluding hydrogens is 276 g/mol. The number of aliphatic hydroxyl groups excluding tert-OH is 1. The van der Waals surface area contributed by atoms with Gasteiger partial charge in [-0.05, 0) is 75.5 Å². The summed E-state index contributed by atoms with van der Waals surface area (Å²) in [4.78, 5) is 0. The molecule has 0 amide bonds. The van der Waals surface area contributed by atoms with Crippen molar-refractivity contribution in [2.24, 2.45) is 23.7 Å². The highest BCUT2D eigenvalue weighted by atomic mass is 16.5. The highest BCUT2D eigenvalue weighted by molar-refractivity contribution is 4.96. The van der Waals surface area contributed by atoms with E-state index < -0.39 is 5.60 Å². The summed E-state index contributed by atoms with van der Waals surface area (Å²) in [6.45, 7) is 9.27. The summed E-state index contributed by atoms with van der Waals surface area (Å²) in [5, 5.41) is 20.6. The van der Waals surface area contributed by atoms with Crippen molar-refractivity contribution in [3.63, 3.8) is 0 Å². The van der Waals surface area contributed by atoms with E-state index in [1.54, 1.807) is 0 Å². The molecule has 0 aromatic carbocycles. The van der Waals surface area contributed by atoms with Gasteiger partial charge >= 0.3 is 0 Å². The molecule has 0 heterocycles. The number of fused-ring (bicyclic) bond motifs is 1. The summed E-state index contributed by atoms with van der Waals surface area (Å²) in [5.74, 6) is 2.39. The van der Waals surface area contributed by atoms with Crippen molar-refractivity contribution in [1.29, 1.82) is 0 Å². The van der Waals surface area contributed by atoms with Gasteiger partial charge in [0, 0.05) is 6.61 Å². The summed E-state index contributed by atoms with van der Waals surface area (Å²) in [6, 6.07) is 0. The standard InChI is InChI=1S/C19H36O3/c1-5-19(21,6-2)11-12-22-14(4)15-8-9-16-17(20)10-7-13(3)18(15)16/h13-18,20-21H,5-12H2,1-4H3/t13-,14?,15?,16?,17?,18?/m0/s1. The van der Waals surface area contributed by atoms with Crippen LogP contribution in [0.15, 0.2) is 0 Å². The Kier molecular flexibility index (Phi) is 6.32. The van der Waals surface area contributed by atoms with Crippen LogP contribution >= 0.6 is 0 Å². The number of aliphatic hydroxyl groups is 2. The third-order valence-electron chi connectivity index (χ3n) is 6.76. The fourth-order valence-electron chi connectivity index (χ4n) is 4.93. The highest BCUT2D eigenvalue weighted by Crippen LogP contribution is 2.50. The second-order valence-electron chi connectivity index (χ2n) is 7.86. The highest BCUT2D eigenvalue weighted by Gasteiger charge is 2.47. The summed E-state index contributed by atoms with van der Waals surface area (Å²) in [7, 11) is 0. The normalized spacial score (nSPS) is 37.1. The van der Waals surface area contributed by atoms with Crippen LogP contribution < -0.4 is 0 Å². The number of hydrogen-bond donors (Lipinski definition) is 2. The average molecular weight is 312 g/mol. The minimum atomic E-state index is -0.563. The molecule has 3 heteroatoms. The molecule has 2 rings (SSSR count). The first-order chi connectivity index (χ1) is 10.4. The molecule has 0 spiro atoms. The summed E-state index contributed by atoms with van der Waals surface area (Å²) >= 11 is 0. The Bertz CT molecular complexity index is 340. The third-order valence-corrected chi connectivity index (χ3v) is 6.76. The van der Waals surface area contributed by atoms with Gasteiger partial charge < -0.3 is 14.9 Å². The van der Waals surface area contributed by atoms with Gasteiger partial charge in [-0.25, -0.2) is 0 Å². The van der Waals surface area contributed by atoms with E-state index >= 15 is 0 Å². The van der Waals surface area contributed by atoms with Gasteiger partial charge in [-0.3, -0.25) is 0 Å². The lowest BCUT2D eigenvalue weighted by atomic mass is 9.69. The lowest BCUT2D eigenvalue weighted by Crippen LogP contribution is -2.39. The summed E-state index contributed by atoms with van der Waals surface area (Å²) in [5.41, 5.74) is -0.563. The molecule has 3 nitrogen and oxygen atoms in total. The molecule has 0 aromatic rings. The number of rotatable bonds is 7. The van der Waals surface area contributed by atoms with Gasteiger partial charge in [-0.1, -0.05) is 20.8 Å². The van der Waals surface area contributed by atoms with Crippen LogP contribution in [0.25, 0.3) is 0 Å². The fourth-order valence-corrected chi connectivity index (χ4v) is 4.93. The van der Waals surface area contributed by atoms with E-state index in [-0.39, 0.29) is 12.2 Å². The molecule has 0 aliphatic heterocycles. The maximum Gasteiger partial charge on any atom is 0.0664 e. The monoisotopic (exact) mass is 312 g/mol. The second kappa shape index (κ2) is 7.63. The predicted molar refractivity (Wildman–Crippen MR) is 89.7 cm³/mol. The van der Waals surface area contributed by atoms with E-state index in [0.29, 0.717) is 30.3 Å². The maximum absolute atomic E-state index is 10.4. The minimum absolute atomic E-state index is 0.0938. The molecule has 6 atom stereocenters. The Morgan fingerprint density at radius 2 is 1.82 bits per heavy atom. The smallest absolute Gasteiger partial charge is 0.0664 e. The molecule has 2 aliphatic rings. The third kappa shape index (κ3) is 3.85. The first-order valence-electron chi connectivity index (χ1n) is 9.44. The van der Waals surface area contributed by atoms with E-state index in [0.717, 1.165) is 38.5 Å². The fraction of sp³-hybridized carbons (Fsp3) is 1.00. The Balaban J connectivity index is 1.86. The van der Waals surface area contributed by atoms with Gasteiger partial charge in [0.2, 0.25) is 0 Å². The van der Waals surface area contributed by atoms with E-state index in [2.05, 4.69) is 13.8 Å². The molecule has 0 radical (unpaired) electrons. The van der Waals surface area contributed by atoms with E-state index in [1.807, 2.05) is 13.8 Å². The first-order valence-corrected chi connectivity index (χ1v) is 9.44. The molecular formula is C19H36O3. The SMILES string of the molecule is CCC(O)(CC)CCOC(C)C1CCC2C(O)CC[C@H](C)C21. The van der Waals surface area contributed by atoms with Crippen molar-refractivity contribution in [2.75, 3.05) is 6.61 Å². The molecule has 0 aromatic heterocycles. The molecule has 0 saturated heterocycles. The number of ether oxygens (including phenoxy) is 1. The van der Waals surface area contributed by atoms with Gasteiger partial charge in [0.05, 0.1) is 17.8 Å². The predicted octanol–water partition coefficient (Wildman–Crippen LogP) is 3.77. The molecule has 130 valence electrons. The van der Waals surface area contributed by atoms with Crippen LogP contribution in [0.3, 0.4) is 0 Å². The molecule has 0 bridgehead atoms. The Morgan fingerprint density at radius 1 is 1.14 bits per heavy atom. The lowest BCUT2D eigenvalue weighted by molar-refractivity contribution is -0.0575. The van der Waals surface area contributed by atoms with Crippen molar-refractivity contribution in [1.82, 2.24) is 0 Å². The molecule has 22 heavy (non-hydrogen) atoms. The van der Waals surface area contributed by atoms with Gasteiger partial charge in [-0.2, -0.15) is 0 Å². The first kappa shape index (κ1) is 18.2. The number of hydrogen-bond acceptors (Lipinski definition) is 3. The van der Waals surface area contributed by atoms with Gasteiger partial charge in [0.15, 0.2) is 0 Å². The van der Waals surface area contributed by atoms with Gasteiger partial charge in [0.1, 0.15) is 0 Å². The topological polar surface area (TPSA) is 49.7 Å². The lowest BCUT2D eigenvalue weighted by Gasteiger charge is -2.40. The molecule has 5 unspecified atom stereocenters. The Labute approximate surface area is 136 Å². The van der Waals surface area contributed by atoms with Crippen molar-refractivity contribution >= 4 is 0 Å². The van der Waals surface area contributed by atoms with Crippen molar-refractivity contribution in [2.45, 2.75) is 90.4 Å². The molecule has 2 aliphatic carbocycles. The minimum Gasteiger partial charge on any atom is -0.393 e. The van der Waals surface area contributed by atoms with Crippen LogP contribution in [0.5, 0.6) is 0 Å². The van der Waals surface area contributed by atoms with Gasteiger partial charge in [-0.15, -0.1) is 0 Å². The zero-order chi connectivity index (χ0) is 16.3. The van der Waals surface area contributed by atoms with Crippen LogP contribution in [-0.2, 0) is 4.74 Å². The largest absolute Gasteiger partial charge is 0.393 e. The van der Waals surface area contributed by atoms with Crippen LogP contribution in [0.2, 0.25) is 0 Å². The van der Waals surface area contributed by atoms with Crippen molar-refractivity contribution in [3.05, 3.63) is 0 Å². The zero-order valence-electron chi connectivity index (χ0n) is 14.9. The zero-order valence-corrected chi connectivity index (χ0v) is 14.9. The van der Waals surface area contributed by atoms with Crippen molar-refractivity contribution < 1.29 is 14.9 Å². The van der Waals surface area contributed by atoms with E-state index in [9.17, 15) is 10.2 Å². The maximum atomic E-state index is 10.4. The summed E-state index contributed by atoms with van der Waals surface area (Å²) < 4.78 is 6.12. The molecule has 2 N–H and O–H groups in total. The van der Waals surface area contributed by atoms with E-state index in [4.69, 9.17) is 4.74 Å². The van der Waals surface area contributed by atoms with Crippen molar-refractivity contribution in [3.8, 4) is 0 Å². The molecule has 2 fully saturated rings.